The zero-order valence-electron chi connectivity index (χ0n) is 15.6. The van der Waals surface area contributed by atoms with E-state index in [1.807, 2.05) is 30.3 Å². The predicted molar refractivity (Wildman–Crippen MR) is 104 cm³/mol. The van der Waals surface area contributed by atoms with Gasteiger partial charge in [0, 0.05) is 10.9 Å². The normalized spacial score (nSPS) is 12.0. The molecule has 0 saturated carbocycles. The van der Waals surface area contributed by atoms with Crippen LogP contribution in [0.4, 0.5) is 5.69 Å². The first-order valence-corrected chi connectivity index (χ1v) is 8.74. The molecular weight excluding hydrogens is 326 g/mol. The van der Waals surface area contributed by atoms with Crippen LogP contribution in [0.15, 0.2) is 57.9 Å². The van der Waals surface area contributed by atoms with Crippen LogP contribution < -0.4 is 0 Å². The van der Waals surface area contributed by atoms with E-state index in [-0.39, 0.29) is 5.97 Å². The van der Waals surface area contributed by atoms with Crippen LogP contribution in [0.2, 0.25) is 0 Å². The number of fused-ring (bicyclic) bond motifs is 1. The standard InChI is InChI=1S/C22H23NO3/c1-14(2)13-19(21-15(3)18-7-5-6-8-20(18)26-21)23-17-11-9-16(10-12-17)22(24)25-4/h5-12,14H,13H2,1-4H3. The Kier molecular flexibility index (Phi) is 5.21. The van der Waals surface area contributed by atoms with Crippen molar-refractivity contribution < 1.29 is 13.9 Å². The molecule has 4 nitrogen and oxygen atoms in total. The summed E-state index contributed by atoms with van der Waals surface area (Å²) in [7, 11) is 1.37. The van der Waals surface area contributed by atoms with Gasteiger partial charge in [0.1, 0.15) is 5.58 Å². The molecule has 0 amide bonds. The molecule has 0 atom stereocenters. The number of rotatable bonds is 5. The van der Waals surface area contributed by atoms with Gasteiger partial charge in [-0.25, -0.2) is 9.79 Å². The van der Waals surface area contributed by atoms with Gasteiger partial charge in [-0.3, -0.25) is 0 Å². The zero-order valence-corrected chi connectivity index (χ0v) is 15.6. The van der Waals surface area contributed by atoms with E-state index in [1.54, 1.807) is 12.1 Å². The molecule has 26 heavy (non-hydrogen) atoms. The molecule has 0 N–H and O–H groups in total. The molecule has 0 aliphatic carbocycles. The Morgan fingerprint density at radius 1 is 1.12 bits per heavy atom. The third kappa shape index (κ3) is 3.69. The maximum absolute atomic E-state index is 11.6. The number of benzene rings is 2. The minimum atomic E-state index is -0.351. The van der Waals surface area contributed by atoms with Crippen molar-refractivity contribution >= 4 is 28.3 Å². The van der Waals surface area contributed by atoms with E-state index in [1.165, 1.54) is 7.11 Å². The van der Waals surface area contributed by atoms with Gasteiger partial charge in [0.2, 0.25) is 0 Å². The molecule has 0 aliphatic heterocycles. The highest BCUT2D eigenvalue weighted by Crippen LogP contribution is 2.28. The van der Waals surface area contributed by atoms with Crippen molar-refractivity contribution in [1.82, 2.24) is 0 Å². The first-order chi connectivity index (χ1) is 12.5. The van der Waals surface area contributed by atoms with Crippen molar-refractivity contribution in [2.45, 2.75) is 27.2 Å². The minimum absolute atomic E-state index is 0.351. The molecule has 0 saturated heterocycles. The Bertz CT molecular complexity index is 949. The van der Waals surface area contributed by atoms with Gasteiger partial charge in [-0.05, 0) is 49.6 Å². The molecular formula is C22H23NO3. The number of methoxy groups -OCH3 is 1. The number of hydrogen-bond acceptors (Lipinski definition) is 4. The molecule has 4 heteroatoms. The van der Waals surface area contributed by atoms with E-state index in [4.69, 9.17) is 14.1 Å². The maximum Gasteiger partial charge on any atom is 0.337 e. The Labute approximate surface area is 153 Å². The molecule has 134 valence electrons. The van der Waals surface area contributed by atoms with Crippen LogP contribution in [0.3, 0.4) is 0 Å². The van der Waals surface area contributed by atoms with Gasteiger partial charge in [-0.1, -0.05) is 32.0 Å². The summed E-state index contributed by atoms with van der Waals surface area (Å²) in [6.45, 7) is 6.39. The van der Waals surface area contributed by atoms with Crippen LogP contribution in [-0.4, -0.2) is 18.8 Å². The molecule has 1 aromatic heterocycles. The lowest BCUT2D eigenvalue weighted by atomic mass is 10.0. The summed E-state index contributed by atoms with van der Waals surface area (Å²) >= 11 is 0. The zero-order chi connectivity index (χ0) is 18.7. The van der Waals surface area contributed by atoms with Crippen molar-refractivity contribution in [3.63, 3.8) is 0 Å². The number of aryl methyl sites for hydroxylation is 1. The molecule has 0 bridgehead atoms. The quantitative estimate of drug-likeness (QED) is 0.439. The van der Waals surface area contributed by atoms with Crippen molar-refractivity contribution in [2.24, 2.45) is 10.9 Å². The second kappa shape index (κ2) is 7.56. The molecule has 0 radical (unpaired) electrons. The van der Waals surface area contributed by atoms with Crippen LogP contribution in [0.5, 0.6) is 0 Å². The van der Waals surface area contributed by atoms with E-state index in [0.29, 0.717) is 11.5 Å². The predicted octanol–water partition coefficient (Wildman–Crippen LogP) is 5.69. The SMILES string of the molecule is COC(=O)c1ccc(N=C(CC(C)C)c2oc3ccccc3c2C)cc1. The van der Waals surface area contributed by atoms with Crippen LogP contribution in [0, 0.1) is 12.8 Å². The summed E-state index contributed by atoms with van der Waals surface area (Å²) < 4.78 is 10.8. The van der Waals surface area contributed by atoms with E-state index >= 15 is 0 Å². The first kappa shape index (κ1) is 17.9. The van der Waals surface area contributed by atoms with E-state index in [9.17, 15) is 4.79 Å². The largest absolute Gasteiger partial charge is 0.465 e. The molecule has 0 fully saturated rings. The lowest BCUT2D eigenvalue weighted by Gasteiger charge is -2.08. The molecule has 0 aliphatic rings. The monoisotopic (exact) mass is 349 g/mol. The second-order valence-corrected chi connectivity index (χ2v) is 6.75. The van der Waals surface area contributed by atoms with Gasteiger partial charge in [0.15, 0.2) is 5.76 Å². The summed E-state index contributed by atoms with van der Waals surface area (Å²) in [5.74, 6) is 0.920. The van der Waals surface area contributed by atoms with E-state index in [2.05, 4.69) is 26.8 Å². The van der Waals surface area contributed by atoms with Gasteiger partial charge in [0.05, 0.1) is 24.1 Å². The highest BCUT2D eigenvalue weighted by Gasteiger charge is 2.17. The van der Waals surface area contributed by atoms with Crippen molar-refractivity contribution in [3.05, 3.63) is 65.4 Å². The summed E-state index contributed by atoms with van der Waals surface area (Å²) in [4.78, 5) is 16.4. The molecule has 3 rings (SSSR count). The average molecular weight is 349 g/mol. The Balaban J connectivity index is 2.03. The molecule has 2 aromatic carbocycles. The summed E-state index contributed by atoms with van der Waals surface area (Å²) in [6.07, 6.45) is 0.805. The smallest absolute Gasteiger partial charge is 0.337 e. The third-order valence-electron chi connectivity index (χ3n) is 4.26. The highest BCUT2D eigenvalue weighted by molar-refractivity contribution is 6.04. The highest BCUT2D eigenvalue weighted by atomic mass is 16.5. The van der Waals surface area contributed by atoms with Gasteiger partial charge < -0.3 is 9.15 Å². The van der Waals surface area contributed by atoms with Crippen molar-refractivity contribution in [3.8, 4) is 0 Å². The first-order valence-electron chi connectivity index (χ1n) is 8.74. The number of carbonyl (C=O) groups is 1. The number of aliphatic imine (C=N–C) groups is 1. The number of ether oxygens (including phenoxy) is 1. The van der Waals surface area contributed by atoms with Gasteiger partial charge >= 0.3 is 5.97 Å². The number of para-hydroxylation sites is 1. The van der Waals surface area contributed by atoms with Crippen LogP contribution >= 0.6 is 0 Å². The minimum Gasteiger partial charge on any atom is -0.465 e. The van der Waals surface area contributed by atoms with Gasteiger partial charge in [-0.2, -0.15) is 0 Å². The Morgan fingerprint density at radius 2 is 1.81 bits per heavy atom. The number of esters is 1. The van der Waals surface area contributed by atoms with Crippen molar-refractivity contribution in [1.29, 1.82) is 0 Å². The average Bonchev–Trinajstić information content (AvgIpc) is 2.98. The van der Waals surface area contributed by atoms with Gasteiger partial charge in [0.25, 0.3) is 0 Å². The van der Waals surface area contributed by atoms with Crippen LogP contribution in [0.25, 0.3) is 11.0 Å². The molecule has 1 heterocycles. The third-order valence-corrected chi connectivity index (χ3v) is 4.26. The fourth-order valence-electron chi connectivity index (χ4n) is 2.97. The topological polar surface area (TPSA) is 51.8 Å². The number of carbonyl (C=O) groups excluding carboxylic acids is 1. The summed E-state index contributed by atoms with van der Waals surface area (Å²) in [5, 5.41) is 1.11. The van der Waals surface area contributed by atoms with Crippen LogP contribution in [-0.2, 0) is 4.74 Å². The fourth-order valence-corrected chi connectivity index (χ4v) is 2.97. The second-order valence-electron chi connectivity index (χ2n) is 6.75. The fraction of sp³-hybridized carbons (Fsp3) is 0.273. The van der Waals surface area contributed by atoms with E-state index in [0.717, 1.165) is 40.1 Å². The lowest BCUT2D eigenvalue weighted by molar-refractivity contribution is 0.0601. The molecule has 0 unspecified atom stereocenters. The molecule has 0 spiro atoms. The van der Waals surface area contributed by atoms with Crippen LogP contribution in [0.1, 0.15) is 41.9 Å². The summed E-state index contributed by atoms with van der Waals surface area (Å²) in [6, 6.07) is 15.1. The number of hydrogen-bond donors (Lipinski definition) is 0. The van der Waals surface area contributed by atoms with E-state index < -0.39 is 0 Å². The van der Waals surface area contributed by atoms with Gasteiger partial charge in [-0.15, -0.1) is 0 Å². The summed E-state index contributed by atoms with van der Waals surface area (Å²) in [5.41, 5.74) is 4.19. The maximum atomic E-state index is 11.6. The number of furan rings is 1. The molecule has 3 aromatic rings. The van der Waals surface area contributed by atoms with Crippen molar-refractivity contribution in [2.75, 3.05) is 7.11 Å². The Morgan fingerprint density at radius 3 is 2.42 bits per heavy atom. The Hall–Kier alpha value is -2.88. The lowest BCUT2D eigenvalue weighted by Crippen LogP contribution is -2.05. The number of nitrogens with zero attached hydrogens (tertiary/aromatic N) is 1.